The summed E-state index contributed by atoms with van der Waals surface area (Å²) in [5, 5.41) is 29.5. The summed E-state index contributed by atoms with van der Waals surface area (Å²) in [7, 11) is 1.45. The quantitative estimate of drug-likeness (QED) is 0.202. The third-order valence-electron chi connectivity index (χ3n) is 3.78. The summed E-state index contributed by atoms with van der Waals surface area (Å²) in [6.45, 7) is 0.153. The predicted molar refractivity (Wildman–Crippen MR) is 96.4 cm³/mol. The molecule has 2 amide bonds. The summed E-state index contributed by atoms with van der Waals surface area (Å²) in [6.07, 6.45) is 0.741. The first-order valence-corrected chi connectivity index (χ1v) is 8.63. The zero-order chi connectivity index (χ0) is 21.9. The maximum Gasteiger partial charge on any atom is 0.320 e. The first kappa shape index (κ1) is 25.3. The fraction of sp³-hybridized carbons (Fsp3) is 0.688. The van der Waals surface area contributed by atoms with Gasteiger partial charge >= 0.3 is 17.9 Å². The van der Waals surface area contributed by atoms with E-state index in [2.05, 4.69) is 5.32 Å². The summed E-state index contributed by atoms with van der Waals surface area (Å²) in [4.78, 5) is 58.4. The van der Waals surface area contributed by atoms with Crippen molar-refractivity contribution in [2.24, 2.45) is 5.73 Å². The Balaban J connectivity index is 4.43. The Morgan fingerprint density at radius 1 is 0.964 bits per heavy atom. The molecule has 6 N–H and O–H groups in total. The van der Waals surface area contributed by atoms with Crippen LogP contribution in [-0.4, -0.2) is 100 Å². The summed E-state index contributed by atoms with van der Waals surface area (Å²) in [5.74, 6) is -4.75. The van der Waals surface area contributed by atoms with Gasteiger partial charge in [0.1, 0.15) is 6.04 Å². The number of carbonyl (C=O) groups is 5. The molecule has 0 spiro atoms. The van der Waals surface area contributed by atoms with Crippen molar-refractivity contribution in [3.63, 3.8) is 0 Å². The standard InChI is InChI=1S/C16H28N4O8/c1-10(17)15(26)19(2)7-12(21)18-6-4-3-5-11(16(27)28)20(8-13(22)23)9-14(24)25/h10-11H,3-9,17H2,1-2H3,(H,18,21)(H,22,23)(H,24,25)(H,27,28). The predicted octanol–water partition coefficient (Wildman–Crippen LogP) is -2.00. The summed E-state index contributed by atoms with van der Waals surface area (Å²) >= 11 is 0. The number of carbonyl (C=O) groups excluding carboxylic acids is 2. The number of aliphatic carboxylic acids is 3. The topological polar surface area (TPSA) is 191 Å². The monoisotopic (exact) mass is 404 g/mol. The van der Waals surface area contributed by atoms with E-state index in [0.29, 0.717) is 12.8 Å². The van der Waals surface area contributed by atoms with Crippen molar-refractivity contribution in [3.8, 4) is 0 Å². The Bertz CT molecular complexity index is 565. The minimum atomic E-state index is -1.33. The van der Waals surface area contributed by atoms with E-state index in [1.165, 1.54) is 18.9 Å². The molecule has 12 nitrogen and oxygen atoms in total. The lowest BCUT2D eigenvalue weighted by atomic mass is 10.1. The van der Waals surface area contributed by atoms with Gasteiger partial charge in [0, 0.05) is 13.6 Å². The van der Waals surface area contributed by atoms with Gasteiger partial charge in [-0.2, -0.15) is 0 Å². The van der Waals surface area contributed by atoms with E-state index in [4.69, 9.17) is 15.9 Å². The highest BCUT2D eigenvalue weighted by Crippen LogP contribution is 2.09. The lowest BCUT2D eigenvalue weighted by Gasteiger charge is -2.25. The number of nitrogens with zero attached hydrogens (tertiary/aromatic N) is 2. The van der Waals surface area contributed by atoms with E-state index in [1.807, 2.05) is 0 Å². The maximum atomic E-state index is 11.8. The molecule has 0 rings (SSSR count). The van der Waals surface area contributed by atoms with Gasteiger partial charge in [-0.3, -0.25) is 28.9 Å². The second-order valence-electron chi connectivity index (χ2n) is 6.38. The van der Waals surface area contributed by atoms with Crippen LogP contribution in [0.4, 0.5) is 0 Å². The van der Waals surface area contributed by atoms with Crippen molar-refractivity contribution in [2.75, 3.05) is 33.2 Å². The van der Waals surface area contributed by atoms with E-state index >= 15 is 0 Å². The van der Waals surface area contributed by atoms with Crippen LogP contribution < -0.4 is 11.1 Å². The SMILES string of the molecule is CC(N)C(=O)N(C)CC(=O)NCCCCC(C(=O)O)N(CC(=O)O)CC(=O)O. The molecule has 28 heavy (non-hydrogen) atoms. The van der Waals surface area contributed by atoms with Gasteiger partial charge in [-0.1, -0.05) is 0 Å². The Morgan fingerprint density at radius 3 is 1.93 bits per heavy atom. The number of nitrogens with one attached hydrogen (secondary N) is 1. The average molecular weight is 404 g/mol. The zero-order valence-corrected chi connectivity index (χ0v) is 16.0. The van der Waals surface area contributed by atoms with E-state index in [-0.39, 0.29) is 25.4 Å². The molecule has 0 radical (unpaired) electrons. The highest BCUT2D eigenvalue weighted by Gasteiger charge is 2.28. The zero-order valence-electron chi connectivity index (χ0n) is 16.0. The molecule has 0 saturated heterocycles. The van der Waals surface area contributed by atoms with Crippen LogP contribution in [0, 0.1) is 0 Å². The van der Waals surface area contributed by atoms with Crippen LogP contribution in [0.1, 0.15) is 26.2 Å². The van der Waals surface area contributed by atoms with Crippen LogP contribution in [0.3, 0.4) is 0 Å². The second kappa shape index (κ2) is 12.6. The minimum absolute atomic E-state index is 0.0227. The van der Waals surface area contributed by atoms with Gasteiger partial charge < -0.3 is 31.3 Å². The van der Waals surface area contributed by atoms with Crippen LogP contribution in [0.25, 0.3) is 0 Å². The van der Waals surface area contributed by atoms with Crippen LogP contribution in [0.5, 0.6) is 0 Å². The number of carboxylic acids is 3. The summed E-state index contributed by atoms with van der Waals surface area (Å²) in [5.41, 5.74) is 5.44. The molecule has 0 saturated carbocycles. The van der Waals surface area contributed by atoms with Gasteiger partial charge in [0.05, 0.1) is 25.7 Å². The number of likely N-dealkylation sites (N-methyl/N-ethyl adjacent to an activating group) is 1. The van der Waals surface area contributed by atoms with E-state index in [0.717, 1.165) is 4.90 Å². The van der Waals surface area contributed by atoms with Crippen molar-refractivity contribution in [1.29, 1.82) is 0 Å². The van der Waals surface area contributed by atoms with Crippen molar-refractivity contribution in [3.05, 3.63) is 0 Å². The number of hydrogen-bond donors (Lipinski definition) is 5. The molecule has 0 fully saturated rings. The van der Waals surface area contributed by atoms with Crippen LogP contribution in [0.2, 0.25) is 0 Å². The third-order valence-corrected chi connectivity index (χ3v) is 3.78. The second-order valence-corrected chi connectivity index (χ2v) is 6.38. The Labute approximate surface area is 162 Å². The molecule has 160 valence electrons. The highest BCUT2D eigenvalue weighted by atomic mass is 16.4. The van der Waals surface area contributed by atoms with Crippen molar-refractivity contribution in [2.45, 2.75) is 38.3 Å². The lowest BCUT2D eigenvalue weighted by molar-refractivity contribution is -0.149. The fourth-order valence-corrected chi connectivity index (χ4v) is 2.47. The number of amides is 2. The van der Waals surface area contributed by atoms with Crippen LogP contribution in [0.15, 0.2) is 0 Å². The maximum absolute atomic E-state index is 11.8. The molecule has 0 bridgehead atoms. The van der Waals surface area contributed by atoms with Gasteiger partial charge in [0.15, 0.2) is 0 Å². The summed E-state index contributed by atoms with van der Waals surface area (Å²) in [6, 6.07) is -1.98. The molecule has 0 aromatic carbocycles. The van der Waals surface area contributed by atoms with Gasteiger partial charge in [-0.05, 0) is 26.2 Å². The number of rotatable bonds is 14. The fourth-order valence-electron chi connectivity index (χ4n) is 2.47. The Hall–Kier alpha value is -2.73. The lowest BCUT2D eigenvalue weighted by Crippen LogP contribution is -2.46. The van der Waals surface area contributed by atoms with Crippen molar-refractivity contribution in [1.82, 2.24) is 15.1 Å². The van der Waals surface area contributed by atoms with E-state index in [1.54, 1.807) is 0 Å². The molecular weight excluding hydrogens is 376 g/mol. The average Bonchev–Trinajstić information content (AvgIpc) is 2.55. The number of nitrogens with two attached hydrogens (primary N) is 1. The minimum Gasteiger partial charge on any atom is -0.480 e. The van der Waals surface area contributed by atoms with Crippen molar-refractivity contribution < 1.29 is 39.3 Å². The molecule has 2 unspecified atom stereocenters. The molecule has 0 aromatic rings. The van der Waals surface area contributed by atoms with Crippen LogP contribution >= 0.6 is 0 Å². The molecule has 12 heteroatoms. The molecule has 2 atom stereocenters. The molecule has 0 aromatic heterocycles. The van der Waals surface area contributed by atoms with Gasteiger partial charge in [0.25, 0.3) is 0 Å². The molecule has 0 aliphatic heterocycles. The highest BCUT2D eigenvalue weighted by molar-refractivity contribution is 5.86. The van der Waals surface area contributed by atoms with Gasteiger partial charge in [-0.25, -0.2) is 0 Å². The Kier molecular flexibility index (Phi) is 11.4. The summed E-state index contributed by atoms with van der Waals surface area (Å²) < 4.78 is 0. The largest absolute Gasteiger partial charge is 0.480 e. The van der Waals surface area contributed by atoms with Gasteiger partial charge in [-0.15, -0.1) is 0 Å². The normalized spacial score (nSPS) is 12.9. The first-order chi connectivity index (χ1) is 13.0. The van der Waals surface area contributed by atoms with Crippen molar-refractivity contribution >= 4 is 29.7 Å². The third kappa shape index (κ3) is 10.4. The molecule has 0 aliphatic carbocycles. The number of carboxylic acid groups (broad SMARTS) is 3. The molecular formula is C16H28N4O8. The molecule has 0 heterocycles. The van der Waals surface area contributed by atoms with E-state index < -0.39 is 49.0 Å². The smallest absolute Gasteiger partial charge is 0.320 e. The van der Waals surface area contributed by atoms with Crippen LogP contribution in [-0.2, 0) is 24.0 Å². The first-order valence-electron chi connectivity index (χ1n) is 8.63. The number of unbranched alkanes of at least 4 members (excludes halogenated alkanes) is 1. The number of hydrogen-bond acceptors (Lipinski definition) is 7. The van der Waals surface area contributed by atoms with Gasteiger partial charge in [0.2, 0.25) is 11.8 Å². The van der Waals surface area contributed by atoms with E-state index in [9.17, 15) is 29.1 Å². The molecule has 0 aliphatic rings. The Morgan fingerprint density at radius 2 is 1.50 bits per heavy atom.